The van der Waals surface area contributed by atoms with Crippen molar-refractivity contribution in [2.75, 3.05) is 20.8 Å². The van der Waals surface area contributed by atoms with E-state index in [9.17, 15) is 38.9 Å². The van der Waals surface area contributed by atoms with Crippen LogP contribution >= 0.6 is 0 Å². The van der Waals surface area contributed by atoms with Crippen LogP contribution in [0.5, 0.6) is 0 Å². The van der Waals surface area contributed by atoms with Crippen molar-refractivity contribution in [1.82, 2.24) is 0 Å². The fourth-order valence-electron chi connectivity index (χ4n) is 3.51. The van der Waals surface area contributed by atoms with Crippen molar-refractivity contribution in [3.63, 3.8) is 0 Å². The van der Waals surface area contributed by atoms with E-state index in [-0.39, 0.29) is 0 Å². The Morgan fingerprint density at radius 2 is 1.43 bits per heavy atom. The van der Waals surface area contributed by atoms with E-state index in [1.54, 1.807) is 0 Å². The van der Waals surface area contributed by atoms with Gasteiger partial charge in [-0.2, -0.15) is 0 Å². The van der Waals surface area contributed by atoms with Gasteiger partial charge in [-0.25, -0.2) is 0 Å². The number of amides is 1. The predicted octanol–water partition coefficient (Wildman–Crippen LogP) is -2.22. The minimum absolute atomic E-state index is 0.824. The van der Waals surface area contributed by atoms with Crippen LogP contribution in [0.25, 0.3) is 0 Å². The van der Waals surface area contributed by atoms with Gasteiger partial charge < -0.3 is 34.2 Å². The van der Waals surface area contributed by atoms with E-state index in [2.05, 4.69) is 14.3 Å². The first-order chi connectivity index (χ1) is 16.2. The summed E-state index contributed by atoms with van der Waals surface area (Å²) in [6.07, 6.45) is -5.64. The lowest BCUT2D eigenvalue weighted by molar-refractivity contribution is -0.796. The zero-order valence-corrected chi connectivity index (χ0v) is 19.2. The molecule has 0 unspecified atom stereocenters. The maximum atomic E-state index is 12.6. The fourth-order valence-corrected chi connectivity index (χ4v) is 3.51. The van der Waals surface area contributed by atoms with Crippen molar-refractivity contribution < 1.29 is 67.1 Å². The van der Waals surface area contributed by atoms with Crippen LogP contribution in [0, 0.1) is 22.0 Å². The third kappa shape index (κ3) is 6.75. The van der Waals surface area contributed by atoms with Gasteiger partial charge in [0, 0.05) is 20.8 Å². The number of methoxy groups -OCH3 is 2. The molecular weight excluding hydrogens is 484 g/mol. The molecule has 1 fully saturated rings. The summed E-state index contributed by atoms with van der Waals surface area (Å²) < 4.78 is 29.6. The Morgan fingerprint density at radius 3 is 1.80 bits per heavy atom. The molecule has 2 N–H and O–H groups in total. The monoisotopic (exact) mass is 508 g/mol. The molecule has 0 aromatic rings. The molecule has 5 atom stereocenters. The summed E-state index contributed by atoms with van der Waals surface area (Å²) in [7, 11) is 1.66. The van der Waals surface area contributed by atoms with Gasteiger partial charge in [0.15, 0.2) is 18.1 Å². The smallest absolute Gasteiger partial charge is 0.320 e. The van der Waals surface area contributed by atoms with Crippen molar-refractivity contribution in [3.8, 4) is 0 Å². The highest BCUT2D eigenvalue weighted by Gasteiger charge is 2.68. The second-order valence-electron chi connectivity index (χ2n) is 7.00. The fraction of sp³-hybridized carbons (Fsp3) is 0.667. The average molecular weight is 508 g/mol. The van der Waals surface area contributed by atoms with Crippen molar-refractivity contribution >= 4 is 35.8 Å². The minimum atomic E-state index is -3.34. The van der Waals surface area contributed by atoms with Crippen LogP contribution < -0.4 is 5.73 Å². The molecule has 0 spiro atoms. The van der Waals surface area contributed by atoms with Crippen molar-refractivity contribution in [2.24, 2.45) is 17.6 Å². The summed E-state index contributed by atoms with van der Waals surface area (Å²) in [5, 5.41) is 9.85. The molecule has 17 heteroatoms. The molecule has 0 aromatic carbocycles. The number of hydrogen-bond donors (Lipinski definition) is 1. The molecule has 1 saturated heterocycles. The number of hydrogen-bond acceptors (Lipinski definition) is 15. The lowest BCUT2D eigenvalue weighted by Crippen LogP contribution is -2.72. The van der Waals surface area contributed by atoms with Crippen LogP contribution in [0.2, 0.25) is 0 Å². The average Bonchev–Trinajstić information content (AvgIpc) is 2.74. The summed E-state index contributed by atoms with van der Waals surface area (Å²) in [5.74, 6) is -15.6. The number of carbonyl (C=O) groups excluding carboxylic acids is 6. The summed E-state index contributed by atoms with van der Waals surface area (Å²) in [5.41, 5.74) is 5.37. The highest BCUT2D eigenvalue weighted by Crippen LogP contribution is 2.44. The van der Waals surface area contributed by atoms with Crippen LogP contribution in [0.4, 0.5) is 0 Å². The molecule has 0 aromatic heterocycles. The van der Waals surface area contributed by atoms with Gasteiger partial charge >= 0.3 is 35.6 Å². The summed E-state index contributed by atoms with van der Waals surface area (Å²) in [6, 6.07) is 0. The maximum absolute atomic E-state index is 12.6. The second kappa shape index (κ2) is 11.9. The number of rotatable bonds is 10. The normalized spacial score (nSPS) is 25.5. The van der Waals surface area contributed by atoms with Crippen molar-refractivity contribution in [3.05, 3.63) is 10.1 Å². The standard InChI is InChI=1S/C18H24N2O15/c1-7(21)31-6-10-13(32-8(2)22)14(33-9(3)23)12(11(15(24)29-4)16(25)30-5)18(34-10,17(19)26)35-20(27)28/h10-14H,6H2,1-5H3,(H2,19,26)/t10-,12-,13+,14-,18-/m1/s1. The number of primary amides is 1. The van der Waals surface area contributed by atoms with Gasteiger partial charge in [-0.15, -0.1) is 10.1 Å². The molecule has 17 nitrogen and oxygen atoms in total. The Kier molecular flexibility index (Phi) is 9.87. The van der Waals surface area contributed by atoms with E-state index in [0.29, 0.717) is 0 Å². The topological polar surface area (TPSA) is 236 Å². The quantitative estimate of drug-likeness (QED) is 0.108. The SMILES string of the molecule is COC(=O)C(C(=O)OC)[C@@H]1[C@@H](OC(C)=O)[C@@H](OC(C)=O)[C@@H](COC(C)=O)O[C@]1(O[N+](=O)[O-])C(N)=O. The molecule has 1 aliphatic heterocycles. The van der Waals surface area contributed by atoms with Gasteiger partial charge in [0.2, 0.25) is 0 Å². The van der Waals surface area contributed by atoms with E-state index in [0.717, 1.165) is 35.0 Å². The zero-order valence-electron chi connectivity index (χ0n) is 19.2. The first-order valence-electron chi connectivity index (χ1n) is 9.66. The minimum Gasteiger partial charge on any atom is -0.468 e. The Balaban J connectivity index is 4.00. The molecule has 0 bridgehead atoms. The molecular formula is C18H24N2O15. The van der Waals surface area contributed by atoms with E-state index in [4.69, 9.17) is 24.7 Å². The highest BCUT2D eigenvalue weighted by atomic mass is 17.0. The lowest BCUT2D eigenvalue weighted by Gasteiger charge is -2.49. The first-order valence-corrected chi connectivity index (χ1v) is 9.66. The van der Waals surface area contributed by atoms with Gasteiger partial charge in [0.1, 0.15) is 12.7 Å². The Hall–Kier alpha value is -4.02. The van der Waals surface area contributed by atoms with E-state index < -0.39 is 83.4 Å². The van der Waals surface area contributed by atoms with Crippen LogP contribution in [0.1, 0.15) is 20.8 Å². The van der Waals surface area contributed by atoms with Gasteiger partial charge in [0.05, 0.1) is 20.1 Å². The van der Waals surface area contributed by atoms with E-state index in [1.807, 2.05) is 0 Å². The van der Waals surface area contributed by atoms with Gasteiger partial charge in [-0.3, -0.25) is 33.6 Å². The molecule has 1 heterocycles. The van der Waals surface area contributed by atoms with Crippen LogP contribution in [0.15, 0.2) is 0 Å². The molecule has 196 valence electrons. The number of nitrogens with two attached hydrogens (primary N) is 1. The molecule has 0 aliphatic carbocycles. The lowest BCUT2D eigenvalue weighted by atomic mass is 9.74. The largest absolute Gasteiger partial charge is 0.468 e. The molecule has 0 radical (unpaired) electrons. The third-order valence-corrected chi connectivity index (χ3v) is 4.69. The van der Waals surface area contributed by atoms with Crippen LogP contribution in [0.3, 0.4) is 0 Å². The van der Waals surface area contributed by atoms with Gasteiger partial charge in [-0.05, 0) is 0 Å². The molecule has 35 heavy (non-hydrogen) atoms. The maximum Gasteiger partial charge on any atom is 0.320 e. The summed E-state index contributed by atoms with van der Waals surface area (Å²) >= 11 is 0. The predicted molar refractivity (Wildman–Crippen MR) is 104 cm³/mol. The molecule has 1 rings (SSSR count). The van der Waals surface area contributed by atoms with Crippen molar-refractivity contribution in [2.45, 2.75) is 44.9 Å². The number of ether oxygens (including phenoxy) is 6. The first kappa shape index (κ1) is 29.0. The Morgan fingerprint density at radius 1 is 0.943 bits per heavy atom. The molecule has 1 amide bonds. The van der Waals surface area contributed by atoms with Crippen LogP contribution in [-0.4, -0.2) is 85.8 Å². The van der Waals surface area contributed by atoms with Gasteiger partial charge in [-0.1, -0.05) is 0 Å². The Bertz CT molecular complexity index is 873. The van der Waals surface area contributed by atoms with E-state index in [1.165, 1.54) is 0 Å². The van der Waals surface area contributed by atoms with Crippen molar-refractivity contribution in [1.29, 1.82) is 0 Å². The summed E-state index contributed by atoms with van der Waals surface area (Å²) in [4.78, 5) is 88.7. The number of carbonyl (C=O) groups is 6. The molecule has 1 aliphatic rings. The Labute approximate surface area is 197 Å². The molecule has 0 saturated carbocycles. The van der Waals surface area contributed by atoms with Crippen LogP contribution in [-0.2, 0) is 62.0 Å². The summed E-state index contributed by atoms with van der Waals surface area (Å²) in [6.45, 7) is 1.94. The third-order valence-electron chi connectivity index (χ3n) is 4.69. The highest BCUT2D eigenvalue weighted by molar-refractivity contribution is 5.97. The van der Waals surface area contributed by atoms with E-state index >= 15 is 0 Å². The second-order valence-corrected chi connectivity index (χ2v) is 7.00. The number of nitrogens with zero attached hydrogens (tertiary/aromatic N) is 1. The van der Waals surface area contributed by atoms with Gasteiger partial charge in [0.25, 0.3) is 11.0 Å². The zero-order chi connectivity index (χ0) is 27.1. The number of esters is 5.